The summed E-state index contributed by atoms with van der Waals surface area (Å²) >= 11 is 0. The maximum Gasteiger partial charge on any atom is 0.217 e. The van der Waals surface area contributed by atoms with Crippen molar-refractivity contribution in [2.75, 3.05) is 0 Å². The van der Waals surface area contributed by atoms with Crippen molar-refractivity contribution in [2.45, 2.75) is 39.8 Å². The van der Waals surface area contributed by atoms with E-state index in [4.69, 9.17) is 0 Å². The predicted octanol–water partition coefficient (Wildman–Crippen LogP) is 2.21. The number of aromatic nitrogens is 3. The fraction of sp³-hybridized carbons (Fsp3) is 0.462. The van der Waals surface area contributed by atoms with Crippen LogP contribution >= 0.6 is 0 Å². The molecule has 0 saturated heterocycles. The molecule has 96 valence electrons. The Morgan fingerprint density at radius 3 is 2.72 bits per heavy atom. The van der Waals surface area contributed by atoms with Gasteiger partial charge in [0.25, 0.3) is 0 Å². The van der Waals surface area contributed by atoms with E-state index in [1.165, 1.54) is 6.92 Å². The standard InChI is InChI=1S/C13H18N4O/c1-8(2)17-12(9(3)15-10(4)18)16-11-6-5-7-14-13(11)17/h5-9H,1-4H3,(H,15,18)/t9-/m0/s1. The van der Waals surface area contributed by atoms with E-state index >= 15 is 0 Å². The molecule has 2 aromatic heterocycles. The smallest absolute Gasteiger partial charge is 0.217 e. The van der Waals surface area contributed by atoms with E-state index in [1.807, 2.05) is 19.1 Å². The highest BCUT2D eigenvalue weighted by Gasteiger charge is 2.19. The van der Waals surface area contributed by atoms with Gasteiger partial charge in [-0.25, -0.2) is 9.97 Å². The van der Waals surface area contributed by atoms with Gasteiger partial charge in [-0.3, -0.25) is 4.79 Å². The third-order valence-corrected chi connectivity index (χ3v) is 2.80. The van der Waals surface area contributed by atoms with Crippen LogP contribution in [0.2, 0.25) is 0 Å². The van der Waals surface area contributed by atoms with Gasteiger partial charge in [0.05, 0.1) is 6.04 Å². The quantitative estimate of drug-likeness (QED) is 0.903. The molecular weight excluding hydrogens is 228 g/mol. The Kier molecular flexibility index (Phi) is 3.32. The molecule has 0 aliphatic rings. The van der Waals surface area contributed by atoms with Crippen molar-refractivity contribution in [3.05, 3.63) is 24.2 Å². The van der Waals surface area contributed by atoms with Gasteiger partial charge in [-0.1, -0.05) is 0 Å². The van der Waals surface area contributed by atoms with Gasteiger partial charge in [0.2, 0.25) is 5.91 Å². The summed E-state index contributed by atoms with van der Waals surface area (Å²) in [5.41, 5.74) is 1.72. The first kappa shape index (κ1) is 12.5. The van der Waals surface area contributed by atoms with E-state index in [0.717, 1.165) is 17.0 Å². The first-order chi connectivity index (χ1) is 8.50. The first-order valence-corrected chi connectivity index (χ1v) is 6.10. The minimum absolute atomic E-state index is 0.0576. The first-order valence-electron chi connectivity index (χ1n) is 6.10. The molecule has 5 nitrogen and oxygen atoms in total. The highest BCUT2D eigenvalue weighted by molar-refractivity contribution is 5.74. The van der Waals surface area contributed by atoms with Gasteiger partial charge in [-0.2, -0.15) is 0 Å². The molecule has 1 amide bonds. The molecule has 0 bridgehead atoms. The second-order valence-corrected chi connectivity index (χ2v) is 4.70. The molecule has 0 aliphatic heterocycles. The highest BCUT2D eigenvalue weighted by Crippen LogP contribution is 2.23. The Morgan fingerprint density at radius 2 is 2.11 bits per heavy atom. The Bertz CT molecular complexity index is 573. The van der Waals surface area contributed by atoms with Crippen LogP contribution in [0, 0.1) is 0 Å². The van der Waals surface area contributed by atoms with E-state index in [9.17, 15) is 4.79 Å². The average Bonchev–Trinajstić information content (AvgIpc) is 2.67. The van der Waals surface area contributed by atoms with Crippen LogP contribution in [-0.2, 0) is 4.79 Å². The zero-order chi connectivity index (χ0) is 13.3. The molecule has 2 aromatic rings. The largest absolute Gasteiger partial charge is 0.347 e. The fourth-order valence-corrected chi connectivity index (χ4v) is 2.13. The molecule has 0 fully saturated rings. The molecule has 0 aliphatic carbocycles. The van der Waals surface area contributed by atoms with Crippen LogP contribution in [-0.4, -0.2) is 20.4 Å². The van der Waals surface area contributed by atoms with Crippen LogP contribution in [0.15, 0.2) is 18.3 Å². The van der Waals surface area contributed by atoms with Crippen molar-refractivity contribution in [3.63, 3.8) is 0 Å². The third-order valence-electron chi connectivity index (χ3n) is 2.80. The monoisotopic (exact) mass is 246 g/mol. The molecule has 2 rings (SSSR count). The van der Waals surface area contributed by atoms with Crippen LogP contribution in [0.5, 0.6) is 0 Å². The van der Waals surface area contributed by atoms with Crippen LogP contribution in [0.3, 0.4) is 0 Å². The van der Waals surface area contributed by atoms with Crippen LogP contribution < -0.4 is 5.32 Å². The molecule has 2 heterocycles. The number of hydrogen-bond acceptors (Lipinski definition) is 3. The zero-order valence-electron chi connectivity index (χ0n) is 11.1. The Hall–Kier alpha value is -1.91. The van der Waals surface area contributed by atoms with Gasteiger partial charge >= 0.3 is 0 Å². The Labute approximate surface area is 106 Å². The molecule has 1 N–H and O–H groups in total. The normalized spacial score (nSPS) is 12.9. The molecule has 1 atom stereocenters. The van der Waals surface area contributed by atoms with Gasteiger partial charge < -0.3 is 9.88 Å². The molecular formula is C13H18N4O. The number of carbonyl (C=O) groups excluding carboxylic acids is 1. The molecule has 0 spiro atoms. The minimum Gasteiger partial charge on any atom is -0.347 e. The lowest BCUT2D eigenvalue weighted by Crippen LogP contribution is -2.26. The van der Waals surface area contributed by atoms with Crippen molar-refractivity contribution in [1.82, 2.24) is 19.9 Å². The zero-order valence-corrected chi connectivity index (χ0v) is 11.1. The average molecular weight is 246 g/mol. The summed E-state index contributed by atoms with van der Waals surface area (Å²) in [5, 5.41) is 2.87. The number of rotatable bonds is 3. The van der Waals surface area contributed by atoms with E-state index in [1.54, 1.807) is 6.20 Å². The molecule has 0 unspecified atom stereocenters. The van der Waals surface area contributed by atoms with Crippen molar-refractivity contribution >= 4 is 17.1 Å². The Morgan fingerprint density at radius 1 is 1.39 bits per heavy atom. The molecule has 0 aromatic carbocycles. The molecule has 5 heteroatoms. The van der Waals surface area contributed by atoms with Crippen molar-refractivity contribution in [1.29, 1.82) is 0 Å². The van der Waals surface area contributed by atoms with Crippen molar-refractivity contribution in [2.24, 2.45) is 0 Å². The third kappa shape index (κ3) is 2.20. The lowest BCUT2D eigenvalue weighted by Gasteiger charge is -2.17. The predicted molar refractivity (Wildman–Crippen MR) is 70.1 cm³/mol. The summed E-state index contributed by atoms with van der Waals surface area (Å²) in [5.74, 6) is 0.784. The summed E-state index contributed by atoms with van der Waals surface area (Å²) < 4.78 is 2.07. The van der Waals surface area contributed by atoms with Gasteiger partial charge in [0, 0.05) is 19.2 Å². The lowest BCUT2D eigenvalue weighted by atomic mass is 10.3. The van der Waals surface area contributed by atoms with E-state index in [2.05, 4.69) is 33.7 Å². The van der Waals surface area contributed by atoms with E-state index in [0.29, 0.717) is 0 Å². The van der Waals surface area contributed by atoms with Gasteiger partial charge in [-0.05, 0) is 32.9 Å². The summed E-state index contributed by atoms with van der Waals surface area (Å²) in [7, 11) is 0. The van der Waals surface area contributed by atoms with Gasteiger partial charge in [0.15, 0.2) is 5.65 Å². The maximum absolute atomic E-state index is 11.2. The number of carbonyl (C=O) groups is 1. The summed E-state index contributed by atoms with van der Waals surface area (Å²) in [4.78, 5) is 20.1. The molecule has 18 heavy (non-hydrogen) atoms. The maximum atomic E-state index is 11.2. The summed E-state index contributed by atoms with van der Waals surface area (Å²) in [6, 6.07) is 3.92. The molecule has 0 saturated carbocycles. The lowest BCUT2D eigenvalue weighted by molar-refractivity contribution is -0.119. The number of amides is 1. The van der Waals surface area contributed by atoms with Gasteiger partial charge in [0.1, 0.15) is 11.3 Å². The number of nitrogens with zero attached hydrogens (tertiary/aromatic N) is 3. The van der Waals surface area contributed by atoms with Crippen LogP contribution in [0.1, 0.15) is 45.6 Å². The summed E-state index contributed by atoms with van der Waals surface area (Å²) in [6.45, 7) is 7.61. The van der Waals surface area contributed by atoms with Crippen molar-refractivity contribution < 1.29 is 4.79 Å². The second kappa shape index (κ2) is 4.76. The van der Waals surface area contributed by atoms with Crippen LogP contribution in [0.4, 0.5) is 0 Å². The van der Waals surface area contributed by atoms with E-state index < -0.39 is 0 Å². The van der Waals surface area contributed by atoms with Crippen molar-refractivity contribution in [3.8, 4) is 0 Å². The topological polar surface area (TPSA) is 59.8 Å². The SMILES string of the molecule is CC(=O)N[C@@H](C)c1nc2cccnc2n1C(C)C. The fourth-order valence-electron chi connectivity index (χ4n) is 2.13. The number of pyridine rings is 1. The van der Waals surface area contributed by atoms with E-state index in [-0.39, 0.29) is 18.0 Å². The molecule has 0 radical (unpaired) electrons. The summed E-state index contributed by atoms with van der Waals surface area (Å²) in [6.07, 6.45) is 1.76. The number of fused-ring (bicyclic) bond motifs is 1. The number of hydrogen-bond donors (Lipinski definition) is 1. The second-order valence-electron chi connectivity index (χ2n) is 4.70. The number of imidazole rings is 1. The van der Waals surface area contributed by atoms with Crippen LogP contribution in [0.25, 0.3) is 11.2 Å². The number of nitrogens with one attached hydrogen (secondary N) is 1. The Balaban J connectivity index is 2.55. The minimum atomic E-state index is -0.126. The highest BCUT2D eigenvalue weighted by atomic mass is 16.1. The van der Waals surface area contributed by atoms with Gasteiger partial charge in [-0.15, -0.1) is 0 Å².